The van der Waals surface area contributed by atoms with Gasteiger partial charge in [-0.2, -0.15) is 0 Å². The maximum Gasteiger partial charge on any atom is 0.408 e. The molecule has 4 rings (SSSR count). The van der Waals surface area contributed by atoms with Crippen molar-refractivity contribution in [2.45, 2.75) is 71.2 Å². The van der Waals surface area contributed by atoms with Crippen molar-refractivity contribution in [1.29, 1.82) is 0 Å². The summed E-state index contributed by atoms with van der Waals surface area (Å²) >= 11 is 0. The molecule has 3 amide bonds. The molecule has 222 valence electrons. The van der Waals surface area contributed by atoms with Crippen LogP contribution in [0.15, 0.2) is 78.9 Å². The predicted octanol–water partition coefficient (Wildman–Crippen LogP) is 6.06. The summed E-state index contributed by atoms with van der Waals surface area (Å²) in [4.78, 5) is 43.4. The van der Waals surface area contributed by atoms with Crippen molar-refractivity contribution < 1.29 is 23.9 Å². The Hall–Kier alpha value is -4.33. The van der Waals surface area contributed by atoms with E-state index >= 15 is 0 Å². The van der Waals surface area contributed by atoms with Crippen LogP contribution in [0.1, 0.15) is 56.8 Å². The molecule has 2 N–H and O–H groups in total. The lowest BCUT2D eigenvalue weighted by Gasteiger charge is -2.35. The zero-order valence-corrected chi connectivity index (χ0v) is 25.2. The maximum absolute atomic E-state index is 14.6. The number of hydrogen-bond donors (Lipinski definition) is 2. The first-order valence-electron chi connectivity index (χ1n) is 14.3. The van der Waals surface area contributed by atoms with Gasteiger partial charge >= 0.3 is 6.09 Å². The average molecular weight is 572 g/mol. The van der Waals surface area contributed by atoms with Crippen molar-refractivity contribution in [2.24, 2.45) is 5.92 Å². The molecule has 3 aromatic carbocycles. The molecule has 1 saturated carbocycles. The number of hydrogen-bond acceptors (Lipinski definition) is 5. The molecule has 8 heteroatoms. The Morgan fingerprint density at radius 3 is 2.14 bits per heavy atom. The third-order valence-electron chi connectivity index (χ3n) is 7.32. The number of aryl methyl sites for hydroxylation is 1. The van der Waals surface area contributed by atoms with Crippen LogP contribution in [0.2, 0.25) is 0 Å². The number of methoxy groups -OCH3 is 1. The molecule has 4 unspecified atom stereocenters. The minimum atomic E-state index is -0.949. The summed E-state index contributed by atoms with van der Waals surface area (Å²) in [6.07, 6.45) is 0.321. The SMILES string of the molecule is COc1ccc(NC(=O)C(c2ccccc2C)N(C(=O)C(Cc2ccccc2)NC(=O)OC(C)(C)C)C2CC2C)cc1. The highest BCUT2D eigenvalue weighted by atomic mass is 16.6. The van der Waals surface area contributed by atoms with Crippen LogP contribution in [-0.4, -0.2) is 47.6 Å². The summed E-state index contributed by atoms with van der Waals surface area (Å²) in [5.41, 5.74) is 2.34. The Labute approximate surface area is 248 Å². The van der Waals surface area contributed by atoms with Crippen molar-refractivity contribution in [2.75, 3.05) is 12.4 Å². The van der Waals surface area contributed by atoms with Crippen LogP contribution in [0.4, 0.5) is 10.5 Å². The number of nitrogens with one attached hydrogen (secondary N) is 2. The van der Waals surface area contributed by atoms with E-state index in [0.717, 1.165) is 23.1 Å². The van der Waals surface area contributed by atoms with Gasteiger partial charge in [0.05, 0.1) is 7.11 Å². The van der Waals surface area contributed by atoms with Crippen LogP contribution in [0.3, 0.4) is 0 Å². The summed E-state index contributed by atoms with van der Waals surface area (Å²) in [6, 6.07) is 22.1. The molecule has 1 fully saturated rings. The topological polar surface area (TPSA) is 97.0 Å². The van der Waals surface area contributed by atoms with Crippen LogP contribution in [0, 0.1) is 12.8 Å². The Kier molecular flexibility index (Phi) is 9.55. The van der Waals surface area contributed by atoms with Gasteiger partial charge in [0.25, 0.3) is 5.91 Å². The molecular formula is C34H41N3O5. The number of amides is 3. The van der Waals surface area contributed by atoms with Crippen molar-refractivity contribution in [3.8, 4) is 5.75 Å². The van der Waals surface area contributed by atoms with Crippen LogP contribution in [0.5, 0.6) is 5.75 Å². The zero-order chi connectivity index (χ0) is 30.4. The largest absolute Gasteiger partial charge is 0.497 e. The minimum absolute atomic E-state index is 0.164. The molecule has 1 aliphatic rings. The molecule has 1 aliphatic carbocycles. The molecule has 0 aromatic heterocycles. The molecule has 0 aliphatic heterocycles. The van der Waals surface area contributed by atoms with Gasteiger partial charge in [0, 0.05) is 18.2 Å². The van der Waals surface area contributed by atoms with E-state index in [1.54, 1.807) is 57.0 Å². The van der Waals surface area contributed by atoms with Crippen molar-refractivity contribution in [1.82, 2.24) is 10.2 Å². The van der Waals surface area contributed by atoms with Gasteiger partial charge < -0.3 is 25.0 Å². The van der Waals surface area contributed by atoms with Gasteiger partial charge in [-0.3, -0.25) is 9.59 Å². The average Bonchev–Trinajstić information content (AvgIpc) is 3.67. The number of anilines is 1. The second-order valence-electron chi connectivity index (χ2n) is 11.9. The Morgan fingerprint density at radius 1 is 0.952 bits per heavy atom. The number of ether oxygens (including phenoxy) is 2. The normalized spacial score (nSPS) is 17.4. The maximum atomic E-state index is 14.6. The highest BCUT2D eigenvalue weighted by Gasteiger charge is 2.48. The van der Waals surface area contributed by atoms with Gasteiger partial charge in [-0.05, 0) is 81.0 Å². The summed E-state index contributed by atoms with van der Waals surface area (Å²) in [5, 5.41) is 5.84. The van der Waals surface area contributed by atoms with E-state index in [1.165, 1.54) is 0 Å². The molecule has 0 heterocycles. The van der Waals surface area contributed by atoms with Crippen molar-refractivity contribution in [3.05, 3.63) is 95.6 Å². The number of carbonyl (C=O) groups excluding carboxylic acids is 3. The van der Waals surface area contributed by atoms with Crippen LogP contribution in [-0.2, 0) is 20.7 Å². The first-order chi connectivity index (χ1) is 20.0. The Morgan fingerprint density at radius 2 is 1.57 bits per heavy atom. The van der Waals surface area contributed by atoms with Crippen LogP contribution < -0.4 is 15.4 Å². The highest BCUT2D eigenvalue weighted by molar-refractivity contribution is 5.99. The molecular weight excluding hydrogens is 530 g/mol. The number of nitrogens with zero attached hydrogens (tertiary/aromatic N) is 1. The lowest BCUT2D eigenvalue weighted by Crippen LogP contribution is -2.54. The van der Waals surface area contributed by atoms with Gasteiger partial charge in [-0.15, -0.1) is 0 Å². The van der Waals surface area contributed by atoms with E-state index in [1.807, 2.05) is 61.5 Å². The van der Waals surface area contributed by atoms with Crippen molar-refractivity contribution >= 4 is 23.6 Å². The van der Waals surface area contributed by atoms with Gasteiger partial charge in [0.2, 0.25) is 5.91 Å². The molecule has 0 radical (unpaired) electrons. The lowest BCUT2D eigenvalue weighted by molar-refractivity contribution is -0.141. The number of benzene rings is 3. The van der Waals surface area contributed by atoms with Gasteiger partial charge in [0.1, 0.15) is 23.4 Å². The van der Waals surface area contributed by atoms with E-state index < -0.39 is 23.8 Å². The van der Waals surface area contributed by atoms with E-state index in [4.69, 9.17) is 9.47 Å². The summed E-state index contributed by atoms with van der Waals surface area (Å²) < 4.78 is 10.8. The molecule has 8 nitrogen and oxygen atoms in total. The van der Waals surface area contributed by atoms with E-state index in [0.29, 0.717) is 11.4 Å². The van der Waals surface area contributed by atoms with Gasteiger partial charge in [-0.25, -0.2) is 4.79 Å². The molecule has 4 atom stereocenters. The Bertz CT molecular complexity index is 1380. The minimum Gasteiger partial charge on any atom is -0.497 e. The smallest absolute Gasteiger partial charge is 0.408 e. The summed E-state index contributed by atoms with van der Waals surface area (Å²) in [5.74, 6) is 0.201. The fourth-order valence-electron chi connectivity index (χ4n) is 5.05. The second kappa shape index (κ2) is 13.1. The quantitative estimate of drug-likeness (QED) is 0.309. The third-order valence-corrected chi connectivity index (χ3v) is 7.32. The van der Waals surface area contributed by atoms with Crippen molar-refractivity contribution in [3.63, 3.8) is 0 Å². The van der Waals surface area contributed by atoms with E-state index in [2.05, 4.69) is 17.6 Å². The predicted molar refractivity (Wildman–Crippen MR) is 163 cm³/mol. The number of rotatable bonds is 10. The highest BCUT2D eigenvalue weighted by Crippen LogP contribution is 2.41. The molecule has 3 aromatic rings. The van der Waals surface area contributed by atoms with Gasteiger partial charge in [-0.1, -0.05) is 61.5 Å². The molecule has 0 saturated heterocycles. The number of alkyl carbamates (subject to hydrolysis) is 1. The fourth-order valence-corrected chi connectivity index (χ4v) is 5.05. The zero-order valence-electron chi connectivity index (χ0n) is 25.2. The third kappa shape index (κ3) is 7.90. The summed E-state index contributed by atoms with van der Waals surface area (Å²) in [7, 11) is 1.58. The molecule has 0 spiro atoms. The second-order valence-corrected chi connectivity index (χ2v) is 11.9. The van der Waals surface area contributed by atoms with Crippen LogP contribution in [0.25, 0.3) is 0 Å². The monoisotopic (exact) mass is 571 g/mol. The van der Waals surface area contributed by atoms with E-state index in [9.17, 15) is 14.4 Å². The summed E-state index contributed by atoms with van der Waals surface area (Å²) in [6.45, 7) is 9.32. The number of carbonyl (C=O) groups is 3. The first-order valence-corrected chi connectivity index (χ1v) is 14.3. The molecule has 0 bridgehead atoms. The molecule has 42 heavy (non-hydrogen) atoms. The van der Waals surface area contributed by atoms with Gasteiger partial charge in [0.15, 0.2) is 0 Å². The lowest BCUT2D eigenvalue weighted by atomic mass is 9.96. The first kappa shape index (κ1) is 30.6. The Balaban J connectivity index is 1.74. The standard InChI is InChI=1S/C34H41N3O5/c1-22-12-10-11-15-27(22)30(31(38)35-25-16-18-26(41-6)19-17-25)37(29-20-23(29)2)32(39)28(21-24-13-8-7-9-14-24)36-33(40)42-34(3,4)5/h7-19,23,28-30H,20-21H2,1-6H3,(H,35,38)(H,36,40). The van der Waals surface area contributed by atoms with E-state index in [-0.39, 0.29) is 30.2 Å². The van der Waals surface area contributed by atoms with Crippen LogP contribution >= 0.6 is 0 Å². The fraction of sp³-hybridized carbons (Fsp3) is 0.382.